The SMILES string of the molecule is CCOC1(CNC)CCSC1. The first-order valence-electron chi connectivity index (χ1n) is 4.19. The Balaban J connectivity index is 2.40. The molecular formula is C8H17NOS. The number of thioether (sulfide) groups is 1. The molecule has 0 radical (unpaired) electrons. The lowest BCUT2D eigenvalue weighted by Gasteiger charge is -2.27. The first-order valence-corrected chi connectivity index (χ1v) is 5.35. The van der Waals surface area contributed by atoms with Crippen molar-refractivity contribution in [1.29, 1.82) is 0 Å². The van der Waals surface area contributed by atoms with Gasteiger partial charge in [-0.1, -0.05) is 0 Å². The zero-order valence-electron chi connectivity index (χ0n) is 7.35. The average Bonchev–Trinajstić information content (AvgIpc) is 2.39. The molecular weight excluding hydrogens is 158 g/mol. The monoisotopic (exact) mass is 175 g/mol. The molecule has 0 saturated carbocycles. The van der Waals surface area contributed by atoms with Crippen molar-refractivity contribution < 1.29 is 4.74 Å². The Morgan fingerprint density at radius 1 is 1.64 bits per heavy atom. The van der Waals surface area contributed by atoms with Crippen LogP contribution in [0, 0.1) is 0 Å². The van der Waals surface area contributed by atoms with E-state index in [1.54, 1.807) is 0 Å². The second kappa shape index (κ2) is 4.33. The van der Waals surface area contributed by atoms with Crippen LogP contribution in [-0.2, 0) is 4.74 Å². The molecule has 0 aromatic rings. The van der Waals surface area contributed by atoms with Gasteiger partial charge in [0.25, 0.3) is 0 Å². The maximum atomic E-state index is 5.75. The molecule has 0 amide bonds. The minimum Gasteiger partial charge on any atom is -0.373 e. The number of nitrogens with one attached hydrogen (secondary N) is 1. The number of hydrogen-bond donors (Lipinski definition) is 1. The van der Waals surface area contributed by atoms with Crippen LogP contribution in [0.15, 0.2) is 0 Å². The van der Waals surface area contributed by atoms with Crippen LogP contribution in [0.25, 0.3) is 0 Å². The van der Waals surface area contributed by atoms with E-state index in [0.29, 0.717) is 0 Å². The topological polar surface area (TPSA) is 21.3 Å². The molecule has 2 nitrogen and oxygen atoms in total. The van der Waals surface area contributed by atoms with Crippen LogP contribution in [-0.4, -0.2) is 37.3 Å². The third-order valence-corrected chi connectivity index (χ3v) is 3.24. The fraction of sp³-hybridized carbons (Fsp3) is 1.00. The Hall–Kier alpha value is 0.270. The molecule has 66 valence electrons. The predicted molar refractivity (Wildman–Crippen MR) is 50.2 cm³/mol. The van der Waals surface area contributed by atoms with E-state index in [1.807, 2.05) is 18.8 Å². The van der Waals surface area contributed by atoms with E-state index >= 15 is 0 Å². The van der Waals surface area contributed by atoms with Crippen LogP contribution in [0.5, 0.6) is 0 Å². The van der Waals surface area contributed by atoms with E-state index in [9.17, 15) is 0 Å². The van der Waals surface area contributed by atoms with Gasteiger partial charge in [-0.05, 0) is 26.1 Å². The van der Waals surface area contributed by atoms with Gasteiger partial charge >= 0.3 is 0 Å². The number of rotatable bonds is 4. The van der Waals surface area contributed by atoms with Gasteiger partial charge in [-0.25, -0.2) is 0 Å². The van der Waals surface area contributed by atoms with Gasteiger partial charge in [0.05, 0.1) is 5.60 Å². The third-order valence-electron chi connectivity index (χ3n) is 2.02. The molecule has 1 aliphatic heterocycles. The Morgan fingerprint density at radius 3 is 2.91 bits per heavy atom. The van der Waals surface area contributed by atoms with Crippen LogP contribution >= 0.6 is 11.8 Å². The van der Waals surface area contributed by atoms with Crippen LogP contribution in [0.4, 0.5) is 0 Å². The summed E-state index contributed by atoms with van der Waals surface area (Å²) in [5.74, 6) is 2.41. The summed E-state index contributed by atoms with van der Waals surface area (Å²) in [6.45, 7) is 3.90. The van der Waals surface area contributed by atoms with Crippen molar-refractivity contribution in [1.82, 2.24) is 5.32 Å². The van der Waals surface area contributed by atoms with E-state index < -0.39 is 0 Å². The van der Waals surface area contributed by atoms with Crippen LogP contribution in [0.3, 0.4) is 0 Å². The quantitative estimate of drug-likeness (QED) is 0.692. The molecule has 0 aromatic heterocycles. The van der Waals surface area contributed by atoms with Crippen molar-refractivity contribution in [3.05, 3.63) is 0 Å². The van der Waals surface area contributed by atoms with Crippen molar-refractivity contribution in [3.63, 3.8) is 0 Å². The molecule has 1 unspecified atom stereocenters. The maximum Gasteiger partial charge on any atom is 0.0903 e. The standard InChI is InChI=1S/C8H17NOS/c1-3-10-8(6-9-2)4-5-11-7-8/h9H,3-7H2,1-2H3. The van der Waals surface area contributed by atoms with E-state index in [0.717, 1.165) is 18.9 Å². The minimum absolute atomic E-state index is 0.147. The van der Waals surface area contributed by atoms with E-state index in [1.165, 1.54) is 12.2 Å². The van der Waals surface area contributed by atoms with Crippen molar-refractivity contribution in [3.8, 4) is 0 Å². The van der Waals surface area contributed by atoms with Gasteiger partial charge in [-0.2, -0.15) is 11.8 Å². The lowest BCUT2D eigenvalue weighted by molar-refractivity contribution is -0.0160. The van der Waals surface area contributed by atoms with Gasteiger partial charge in [0.2, 0.25) is 0 Å². The second-order valence-electron chi connectivity index (χ2n) is 2.95. The molecule has 11 heavy (non-hydrogen) atoms. The molecule has 1 N–H and O–H groups in total. The van der Waals surface area contributed by atoms with Crippen LogP contribution < -0.4 is 5.32 Å². The third kappa shape index (κ3) is 2.36. The number of ether oxygens (including phenoxy) is 1. The van der Waals surface area contributed by atoms with Crippen molar-refractivity contribution in [2.75, 3.05) is 31.7 Å². The van der Waals surface area contributed by atoms with E-state index in [2.05, 4.69) is 12.2 Å². The smallest absolute Gasteiger partial charge is 0.0903 e. The fourth-order valence-corrected chi connectivity index (χ4v) is 2.88. The molecule has 1 saturated heterocycles. The first kappa shape index (κ1) is 9.36. The van der Waals surface area contributed by atoms with Gasteiger partial charge in [0, 0.05) is 18.9 Å². The second-order valence-corrected chi connectivity index (χ2v) is 4.05. The lowest BCUT2D eigenvalue weighted by Crippen LogP contribution is -2.42. The molecule has 0 aromatic carbocycles. The molecule has 1 rings (SSSR count). The first-order chi connectivity index (χ1) is 5.33. The molecule has 3 heteroatoms. The van der Waals surface area contributed by atoms with Crippen LogP contribution in [0.2, 0.25) is 0 Å². The largest absolute Gasteiger partial charge is 0.373 e. The van der Waals surface area contributed by atoms with Crippen molar-refractivity contribution in [2.45, 2.75) is 18.9 Å². The molecule has 0 spiro atoms. The molecule has 1 atom stereocenters. The van der Waals surface area contributed by atoms with Gasteiger partial charge in [-0.15, -0.1) is 0 Å². The van der Waals surface area contributed by atoms with Gasteiger partial charge in [0.1, 0.15) is 0 Å². The predicted octanol–water partition coefficient (Wildman–Crippen LogP) is 1.12. The Kier molecular flexibility index (Phi) is 3.69. The van der Waals surface area contributed by atoms with E-state index in [4.69, 9.17) is 4.74 Å². The van der Waals surface area contributed by atoms with Gasteiger partial charge < -0.3 is 10.1 Å². The number of hydrogen-bond acceptors (Lipinski definition) is 3. The lowest BCUT2D eigenvalue weighted by atomic mass is 10.0. The summed E-state index contributed by atoms with van der Waals surface area (Å²) in [4.78, 5) is 0. The molecule has 1 fully saturated rings. The molecule has 1 aliphatic rings. The summed E-state index contributed by atoms with van der Waals surface area (Å²) in [6.07, 6.45) is 1.20. The fourth-order valence-electron chi connectivity index (χ4n) is 1.52. The van der Waals surface area contributed by atoms with Gasteiger partial charge in [-0.3, -0.25) is 0 Å². The normalized spacial score (nSPS) is 31.1. The van der Waals surface area contributed by atoms with Crippen molar-refractivity contribution >= 4 is 11.8 Å². The highest BCUT2D eigenvalue weighted by Crippen LogP contribution is 2.30. The van der Waals surface area contributed by atoms with Crippen molar-refractivity contribution in [2.24, 2.45) is 0 Å². The summed E-state index contributed by atoms with van der Waals surface area (Å²) in [7, 11) is 1.99. The van der Waals surface area contributed by atoms with Gasteiger partial charge in [0.15, 0.2) is 0 Å². The summed E-state index contributed by atoms with van der Waals surface area (Å²) in [5, 5.41) is 3.20. The number of likely N-dealkylation sites (N-methyl/N-ethyl adjacent to an activating group) is 1. The van der Waals surface area contributed by atoms with E-state index in [-0.39, 0.29) is 5.60 Å². The summed E-state index contributed by atoms with van der Waals surface area (Å²) in [6, 6.07) is 0. The Bertz CT molecular complexity index is 105. The zero-order chi connectivity index (χ0) is 8.16. The minimum atomic E-state index is 0.147. The molecule has 0 bridgehead atoms. The maximum absolute atomic E-state index is 5.75. The highest BCUT2D eigenvalue weighted by Gasteiger charge is 2.33. The Labute approximate surface area is 73.1 Å². The Morgan fingerprint density at radius 2 is 2.45 bits per heavy atom. The van der Waals surface area contributed by atoms with Crippen LogP contribution in [0.1, 0.15) is 13.3 Å². The highest BCUT2D eigenvalue weighted by atomic mass is 32.2. The molecule has 1 heterocycles. The highest BCUT2D eigenvalue weighted by molar-refractivity contribution is 7.99. The molecule has 0 aliphatic carbocycles. The summed E-state index contributed by atoms with van der Waals surface area (Å²) < 4.78 is 5.75. The summed E-state index contributed by atoms with van der Waals surface area (Å²) in [5.41, 5.74) is 0.147. The average molecular weight is 175 g/mol. The zero-order valence-corrected chi connectivity index (χ0v) is 8.17. The summed E-state index contributed by atoms with van der Waals surface area (Å²) >= 11 is 2.00.